The predicted molar refractivity (Wildman–Crippen MR) is 73.3 cm³/mol. The van der Waals surface area contributed by atoms with Crippen molar-refractivity contribution in [2.45, 2.75) is 53.1 Å². The van der Waals surface area contributed by atoms with Crippen LogP contribution in [0.2, 0.25) is 0 Å². The van der Waals surface area contributed by atoms with Crippen LogP contribution in [0.4, 0.5) is 5.69 Å². The van der Waals surface area contributed by atoms with Crippen LogP contribution in [0.1, 0.15) is 47.1 Å². The number of hydrogen-bond acceptors (Lipinski definition) is 3. The molecular formula is C13H24N4O. The van der Waals surface area contributed by atoms with Crippen LogP contribution < -0.4 is 11.1 Å². The van der Waals surface area contributed by atoms with E-state index in [1.54, 1.807) is 10.9 Å². The average molecular weight is 252 g/mol. The molecule has 1 heterocycles. The smallest absolute Gasteiger partial charge is 0.226 e. The average Bonchev–Trinajstić information content (AvgIpc) is 2.64. The van der Waals surface area contributed by atoms with E-state index in [4.69, 9.17) is 5.73 Å². The summed E-state index contributed by atoms with van der Waals surface area (Å²) in [4.78, 5) is 11.8. The largest absolute Gasteiger partial charge is 0.327 e. The van der Waals surface area contributed by atoms with Gasteiger partial charge in [-0.3, -0.25) is 9.48 Å². The van der Waals surface area contributed by atoms with Crippen LogP contribution in [0.5, 0.6) is 0 Å². The molecule has 18 heavy (non-hydrogen) atoms. The summed E-state index contributed by atoms with van der Waals surface area (Å²) in [5.41, 5.74) is 6.62. The maximum absolute atomic E-state index is 11.8. The van der Waals surface area contributed by atoms with Gasteiger partial charge in [-0.2, -0.15) is 5.10 Å². The summed E-state index contributed by atoms with van der Waals surface area (Å²) in [6.45, 7) is 10.2. The van der Waals surface area contributed by atoms with Crippen LogP contribution in [0.3, 0.4) is 0 Å². The van der Waals surface area contributed by atoms with Crippen LogP contribution >= 0.6 is 0 Å². The number of amides is 1. The number of nitrogens with zero attached hydrogens (tertiary/aromatic N) is 2. The van der Waals surface area contributed by atoms with Gasteiger partial charge in [-0.25, -0.2) is 0 Å². The summed E-state index contributed by atoms with van der Waals surface area (Å²) < 4.78 is 1.80. The van der Waals surface area contributed by atoms with Gasteiger partial charge in [0.15, 0.2) is 0 Å². The first-order valence-electron chi connectivity index (χ1n) is 6.29. The molecule has 0 bridgehead atoms. The van der Waals surface area contributed by atoms with Crippen LogP contribution in [0.25, 0.3) is 0 Å². The van der Waals surface area contributed by atoms with E-state index in [1.807, 2.05) is 40.8 Å². The molecule has 0 fully saturated rings. The summed E-state index contributed by atoms with van der Waals surface area (Å²) in [7, 11) is 0. The molecule has 0 spiro atoms. The molecule has 0 aliphatic carbocycles. The minimum Gasteiger partial charge on any atom is -0.327 e. The highest BCUT2D eigenvalue weighted by atomic mass is 16.1. The second-order valence-corrected chi connectivity index (χ2v) is 6.03. The first-order chi connectivity index (χ1) is 8.20. The molecule has 102 valence electrons. The van der Waals surface area contributed by atoms with Gasteiger partial charge in [0.1, 0.15) is 0 Å². The minimum atomic E-state index is -0.155. The zero-order chi connectivity index (χ0) is 13.9. The Morgan fingerprint density at radius 1 is 1.50 bits per heavy atom. The van der Waals surface area contributed by atoms with Crippen molar-refractivity contribution in [1.29, 1.82) is 0 Å². The molecule has 1 rings (SSSR count). The van der Waals surface area contributed by atoms with E-state index < -0.39 is 0 Å². The Labute approximate surface area is 109 Å². The van der Waals surface area contributed by atoms with Crippen molar-refractivity contribution >= 4 is 11.6 Å². The number of rotatable bonds is 4. The number of nitrogens with one attached hydrogen (secondary N) is 1. The maximum atomic E-state index is 11.8. The van der Waals surface area contributed by atoms with Gasteiger partial charge >= 0.3 is 0 Å². The highest BCUT2D eigenvalue weighted by Gasteiger charge is 2.23. The number of nitrogens with two attached hydrogens (primary N) is 1. The van der Waals surface area contributed by atoms with E-state index in [1.165, 1.54) is 0 Å². The Kier molecular flexibility index (Phi) is 4.51. The van der Waals surface area contributed by atoms with Crippen molar-refractivity contribution in [2.24, 2.45) is 11.1 Å². The lowest BCUT2D eigenvalue weighted by Gasteiger charge is -2.26. The molecule has 1 atom stereocenters. The van der Waals surface area contributed by atoms with Crippen molar-refractivity contribution in [3.8, 4) is 0 Å². The molecular weight excluding hydrogens is 228 g/mol. The van der Waals surface area contributed by atoms with Crippen molar-refractivity contribution in [3.05, 3.63) is 12.4 Å². The zero-order valence-corrected chi connectivity index (χ0v) is 11.9. The molecule has 0 aliphatic rings. The Morgan fingerprint density at radius 3 is 2.56 bits per heavy atom. The summed E-state index contributed by atoms with van der Waals surface area (Å²) in [5, 5.41) is 6.99. The van der Waals surface area contributed by atoms with E-state index in [2.05, 4.69) is 10.4 Å². The Morgan fingerprint density at radius 2 is 2.11 bits per heavy atom. The predicted octanol–water partition coefficient (Wildman–Crippen LogP) is 2.17. The Hall–Kier alpha value is -1.36. The molecule has 0 saturated carbocycles. The van der Waals surface area contributed by atoms with E-state index in [0.717, 1.165) is 5.69 Å². The number of anilines is 1. The summed E-state index contributed by atoms with van der Waals surface area (Å²) in [5.74, 6) is -0.0688. The van der Waals surface area contributed by atoms with Crippen LogP contribution in [0.15, 0.2) is 12.4 Å². The zero-order valence-electron chi connectivity index (χ0n) is 11.9. The molecule has 1 aromatic heterocycles. The molecule has 0 saturated heterocycles. The fourth-order valence-corrected chi connectivity index (χ4v) is 1.40. The third kappa shape index (κ3) is 4.14. The van der Waals surface area contributed by atoms with Gasteiger partial charge in [0.2, 0.25) is 5.91 Å². The highest BCUT2D eigenvalue weighted by molar-refractivity contribution is 5.90. The van der Waals surface area contributed by atoms with Crippen LogP contribution in [-0.2, 0) is 4.79 Å². The van der Waals surface area contributed by atoms with Gasteiger partial charge in [0.25, 0.3) is 0 Å². The third-order valence-corrected chi connectivity index (χ3v) is 2.93. The molecule has 0 aromatic carbocycles. The van der Waals surface area contributed by atoms with Crippen molar-refractivity contribution in [2.75, 3.05) is 5.32 Å². The molecule has 1 aromatic rings. The van der Waals surface area contributed by atoms with Crippen molar-refractivity contribution < 1.29 is 4.79 Å². The first kappa shape index (κ1) is 14.7. The minimum absolute atomic E-state index is 0.0688. The molecule has 0 radical (unpaired) electrons. The molecule has 1 amide bonds. The highest BCUT2D eigenvalue weighted by Crippen LogP contribution is 2.20. The lowest BCUT2D eigenvalue weighted by atomic mass is 9.85. The first-order valence-corrected chi connectivity index (χ1v) is 6.29. The standard InChI is InChI=1S/C13H24N4O/c1-9(2)17-8-10(7-15-17)16-12(18)6-11(14)13(3,4)5/h7-9,11H,6,14H2,1-5H3,(H,16,18). The van der Waals surface area contributed by atoms with Gasteiger partial charge in [0, 0.05) is 24.7 Å². The van der Waals surface area contributed by atoms with Gasteiger partial charge in [-0.15, -0.1) is 0 Å². The lowest BCUT2D eigenvalue weighted by molar-refractivity contribution is -0.117. The third-order valence-electron chi connectivity index (χ3n) is 2.93. The fraction of sp³-hybridized carbons (Fsp3) is 0.692. The summed E-state index contributed by atoms with van der Waals surface area (Å²) >= 11 is 0. The van der Waals surface area contributed by atoms with Gasteiger partial charge in [0.05, 0.1) is 11.9 Å². The quantitative estimate of drug-likeness (QED) is 0.862. The SMILES string of the molecule is CC(C)n1cc(NC(=O)CC(N)C(C)(C)C)cn1. The molecule has 5 heteroatoms. The molecule has 1 unspecified atom stereocenters. The fourth-order valence-electron chi connectivity index (χ4n) is 1.40. The van der Waals surface area contributed by atoms with Crippen LogP contribution in [0, 0.1) is 5.41 Å². The number of carbonyl (C=O) groups excluding carboxylic acids is 1. The van der Waals surface area contributed by atoms with E-state index in [0.29, 0.717) is 6.42 Å². The molecule has 3 N–H and O–H groups in total. The van der Waals surface area contributed by atoms with Gasteiger partial charge < -0.3 is 11.1 Å². The van der Waals surface area contributed by atoms with Gasteiger partial charge in [-0.05, 0) is 19.3 Å². The second kappa shape index (κ2) is 5.52. The van der Waals surface area contributed by atoms with Crippen molar-refractivity contribution in [1.82, 2.24) is 9.78 Å². The number of aromatic nitrogens is 2. The lowest BCUT2D eigenvalue weighted by Crippen LogP contribution is -2.38. The maximum Gasteiger partial charge on any atom is 0.226 e. The van der Waals surface area contributed by atoms with E-state index >= 15 is 0 Å². The molecule has 5 nitrogen and oxygen atoms in total. The summed E-state index contributed by atoms with van der Waals surface area (Å²) in [6.07, 6.45) is 3.79. The second-order valence-electron chi connectivity index (χ2n) is 6.03. The Balaban J connectivity index is 2.54. The Bertz CT molecular complexity index is 403. The number of hydrogen-bond donors (Lipinski definition) is 2. The molecule has 0 aliphatic heterocycles. The van der Waals surface area contributed by atoms with E-state index in [9.17, 15) is 4.79 Å². The number of carbonyl (C=O) groups is 1. The van der Waals surface area contributed by atoms with Gasteiger partial charge in [-0.1, -0.05) is 20.8 Å². The topological polar surface area (TPSA) is 72.9 Å². The normalized spacial score (nSPS) is 13.7. The van der Waals surface area contributed by atoms with Crippen LogP contribution in [-0.4, -0.2) is 21.7 Å². The summed E-state index contributed by atoms with van der Waals surface area (Å²) in [6, 6.07) is 0.130. The van der Waals surface area contributed by atoms with E-state index in [-0.39, 0.29) is 23.4 Å². The van der Waals surface area contributed by atoms with Crippen molar-refractivity contribution in [3.63, 3.8) is 0 Å². The monoisotopic (exact) mass is 252 g/mol.